The van der Waals surface area contributed by atoms with Crippen molar-refractivity contribution in [2.75, 3.05) is 25.5 Å². The highest BCUT2D eigenvalue weighted by atomic mass is 32.1. The number of fused-ring (bicyclic) bond motifs is 1. The first kappa shape index (κ1) is 25.2. The van der Waals surface area contributed by atoms with E-state index in [2.05, 4.69) is 37.8 Å². The molecule has 0 radical (unpaired) electrons. The van der Waals surface area contributed by atoms with Gasteiger partial charge in [-0.25, -0.2) is 0 Å². The van der Waals surface area contributed by atoms with Crippen molar-refractivity contribution in [3.63, 3.8) is 0 Å². The van der Waals surface area contributed by atoms with Crippen LogP contribution in [0, 0.1) is 0 Å². The molecule has 194 valence electrons. The maximum absolute atomic E-state index is 13.6. The molecule has 12 heteroatoms. The van der Waals surface area contributed by atoms with Crippen molar-refractivity contribution in [3.05, 3.63) is 59.4 Å². The number of benzene rings is 1. The second-order valence-electron chi connectivity index (χ2n) is 9.12. The normalized spacial score (nSPS) is 15.2. The Kier molecular flexibility index (Phi) is 7.11. The third kappa shape index (κ3) is 5.91. The molecule has 0 aliphatic carbocycles. The molecule has 8 nitrogen and oxygen atoms in total. The Balaban J connectivity index is 1.42. The number of carbonyl (C=O) groups excluding carboxylic acids is 1. The Labute approximate surface area is 215 Å². The van der Waals surface area contributed by atoms with E-state index >= 15 is 0 Å². The molecule has 1 amide bonds. The van der Waals surface area contributed by atoms with E-state index in [1.807, 2.05) is 6.07 Å². The fourth-order valence-corrected chi connectivity index (χ4v) is 5.30. The third-order valence-electron chi connectivity index (χ3n) is 6.37. The molecule has 0 atom stereocenters. The number of amides is 1. The lowest BCUT2D eigenvalue weighted by molar-refractivity contribution is -0.139. The van der Waals surface area contributed by atoms with Gasteiger partial charge >= 0.3 is 6.18 Å². The molecule has 5 rings (SSSR count). The van der Waals surface area contributed by atoms with E-state index in [-0.39, 0.29) is 18.5 Å². The molecule has 4 aromatic rings. The van der Waals surface area contributed by atoms with E-state index in [1.54, 1.807) is 36.5 Å². The summed E-state index contributed by atoms with van der Waals surface area (Å²) < 4.78 is 42.1. The van der Waals surface area contributed by atoms with Gasteiger partial charge in [-0.15, -0.1) is 10.2 Å². The summed E-state index contributed by atoms with van der Waals surface area (Å²) in [6.45, 7) is 0.904. The highest BCUT2D eigenvalue weighted by Crippen LogP contribution is 2.36. The van der Waals surface area contributed by atoms with Gasteiger partial charge in [0, 0.05) is 29.5 Å². The van der Waals surface area contributed by atoms with Gasteiger partial charge in [-0.3, -0.25) is 9.78 Å². The van der Waals surface area contributed by atoms with Crippen molar-refractivity contribution < 1.29 is 18.0 Å². The number of pyridine rings is 1. The van der Waals surface area contributed by atoms with Crippen LogP contribution in [-0.4, -0.2) is 62.9 Å². The summed E-state index contributed by atoms with van der Waals surface area (Å²) in [5.41, 5.74) is 2.03. The van der Waals surface area contributed by atoms with Crippen molar-refractivity contribution in [1.29, 1.82) is 0 Å². The smallest absolute Gasteiger partial charge is 0.382 e. The number of carbonyl (C=O) groups is 1. The first-order valence-corrected chi connectivity index (χ1v) is 12.7. The Morgan fingerprint density at radius 3 is 2.70 bits per heavy atom. The fraction of sp³-hybridized carbons (Fsp3) is 0.360. The van der Waals surface area contributed by atoms with Crippen LogP contribution in [0.1, 0.15) is 28.2 Å². The zero-order valence-corrected chi connectivity index (χ0v) is 20.9. The molecule has 0 spiro atoms. The van der Waals surface area contributed by atoms with Gasteiger partial charge in [0.1, 0.15) is 11.6 Å². The van der Waals surface area contributed by atoms with Crippen molar-refractivity contribution >= 4 is 33.8 Å². The van der Waals surface area contributed by atoms with E-state index in [0.29, 0.717) is 32.2 Å². The monoisotopic (exact) mass is 529 g/mol. The first-order valence-electron chi connectivity index (χ1n) is 11.9. The highest BCUT2D eigenvalue weighted by molar-refractivity contribution is 7.14. The first-order chi connectivity index (χ1) is 17.8. The number of likely N-dealkylation sites (tertiary alicyclic amines) is 1. The largest absolute Gasteiger partial charge is 0.406 e. The minimum atomic E-state index is -4.41. The Morgan fingerprint density at radius 2 is 1.97 bits per heavy atom. The van der Waals surface area contributed by atoms with Crippen LogP contribution >= 0.6 is 11.3 Å². The molecule has 3 aromatic heterocycles. The SMILES string of the molecule is CN1CCC(Nc2cccc3c2cc(-c2nnc(CNC(=O)c4cccnc4)s2)n3CC(F)(F)F)CC1. The third-order valence-corrected chi connectivity index (χ3v) is 7.32. The van der Waals surface area contributed by atoms with Gasteiger partial charge in [0.2, 0.25) is 0 Å². The summed E-state index contributed by atoms with van der Waals surface area (Å²) >= 11 is 1.15. The van der Waals surface area contributed by atoms with Crippen LogP contribution in [0.25, 0.3) is 21.6 Å². The van der Waals surface area contributed by atoms with Gasteiger partial charge in [-0.1, -0.05) is 17.4 Å². The maximum atomic E-state index is 13.6. The Bertz CT molecular complexity index is 1380. The predicted molar refractivity (Wildman–Crippen MR) is 136 cm³/mol. The van der Waals surface area contributed by atoms with E-state index in [9.17, 15) is 18.0 Å². The van der Waals surface area contributed by atoms with Gasteiger partial charge in [0.25, 0.3) is 5.91 Å². The average molecular weight is 530 g/mol. The minimum absolute atomic E-state index is 0.105. The Morgan fingerprint density at radius 1 is 1.16 bits per heavy atom. The van der Waals surface area contributed by atoms with E-state index < -0.39 is 12.7 Å². The summed E-state index contributed by atoms with van der Waals surface area (Å²) in [5, 5.41) is 16.1. The van der Waals surface area contributed by atoms with Crippen LogP contribution < -0.4 is 10.6 Å². The molecule has 1 fully saturated rings. The molecule has 4 heterocycles. The van der Waals surface area contributed by atoms with Gasteiger partial charge in [-0.2, -0.15) is 13.2 Å². The van der Waals surface area contributed by atoms with Crippen LogP contribution in [0.3, 0.4) is 0 Å². The fourth-order valence-electron chi connectivity index (χ4n) is 4.49. The number of aromatic nitrogens is 4. The van der Waals surface area contributed by atoms with Crippen molar-refractivity contribution in [3.8, 4) is 10.7 Å². The van der Waals surface area contributed by atoms with Crippen molar-refractivity contribution in [2.45, 2.75) is 38.1 Å². The molecule has 1 aromatic carbocycles. The zero-order valence-electron chi connectivity index (χ0n) is 20.1. The molecular formula is C25H26F3N7OS. The van der Waals surface area contributed by atoms with Gasteiger partial charge in [-0.05, 0) is 63.3 Å². The molecule has 2 N–H and O–H groups in total. The lowest BCUT2D eigenvalue weighted by Crippen LogP contribution is -2.36. The minimum Gasteiger partial charge on any atom is -0.382 e. The number of halogens is 3. The van der Waals surface area contributed by atoms with Crippen LogP contribution in [0.15, 0.2) is 48.8 Å². The average Bonchev–Trinajstić information content (AvgIpc) is 3.49. The van der Waals surface area contributed by atoms with E-state index in [0.717, 1.165) is 43.0 Å². The molecule has 0 unspecified atom stereocenters. The lowest BCUT2D eigenvalue weighted by Gasteiger charge is -2.30. The Hall–Kier alpha value is -3.51. The zero-order chi connectivity index (χ0) is 26.0. The van der Waals surface area contributed by atoms with E-state index in [4.69, 9.17) is 0 Å². The van der Waals surface area contributed by atoms with Crippen LogP contribution in [0.4, 0.5) is 18.9 Å². The topological polar surface area (TPSA) is 88.0 Å². The molecule has 0 saturated carbocycles. The number of rotatable bonds is 7. The summed E-state index contributed by atoms with van der Waals surface area (Å²) in [7, 11) is 2.08. The summed E-state index contributed by atoms with van der Waals surface area (Å²) in [6.07, 6.45) is 0.542. The highest BCUT2D eigenvalue weighted by Gasteiger charge is 2.31. The molecule has 1 aliphatic heterocycles. The number of nitrogens with zero attached hydrogens (tertiary/aromatic N) is 5. The molecule has 37 heavy (non-hydrogen) atoms. The molecule has 1 saturated heterocycles. The number of nitrogens with one attached hydrogen (secondary N) is 2. The van der Waals surface area contributed by atoms with Gasteiger partial charge in [0.15, 0.2) is 5.01 Å². The second-order valence-corrected chi connectivity index (χ2v) is 10.2. The summed E-state index contributed by atoms with van der Waals surface area (Å²) in [5.74, 6) is -0.319. The predicted octanol–water partition coefficient (Wildman–Crippen LogP) is 4.55. The van der Waals surface area contributed by atoms with Crippen LogP contribution in [-0.2, 0) is 13.1 Å². The molecule has 1 aliphatic rings. The number of hydrogen-bond acceptors (Lipinski definition) is 7. The molecule has 0 bridgehead atoms. The summed E-state index contributed by atoms with van der Waals surface area (Å²) in [6, 6.07) is 10.7. The van der Waals surface area contributed by atoms with Crippen LogP contribution in [0.2, 0.25) is 0 Å². The van der Waals surface area contributed by atoms with Crippen molar-refractivity contribution in [1.82, 2.24) is 30.0 Å². The number of anilines is 1. The number of piperidine rings is 1. The number of hydrogen-bond donors (Lipinski definition) is 2. The van der Waals surface area contributed by atoms with Crippen molar-refractivity contribution in [2.24, 2.45) is 0 Å². The molecular weight excluding hydrogens is 503 g/mol. The lowest BCUT2D eigenvalue weighted by atomic mass is 10.0. The van der Waals surface area contributed by atoms with Crippen LogP contribution in [0.5, 0.6) is 0 Å². The quantitative estimate of drug-likeness (QED) is 0.365. The van der Waals surface area contributed by atoms with Gasteiger partial charge < -0.3 is 20.1 Å². The maximum Gasteiger partial charge on any atom is 0.406 e. The number of alkyl halides is 3. The second kappa shape index (κ2) is 10.5. The van der Waals surface area contributed by atoms with Gasteiger partial charge in [0.05, 0.1) is 23.3 Å². The standard InChI is InChI=1S/C25H26F3N7OS/c1-34-10-7-17(8-11-34)31-19-5-2-6-20-18(19)12-21(35(20)15-25(26,27)28)24-33-32-22(37-24)14-30-23(36)16-4-3-9-29-13-16/h2-6,9,12-13,17,31H,7-8,10-11,14-15H2,1H3,(H,30,36). The summed E-state index contributed by atoms with van der Waals surface area (Å²) in [4.78, 5) is 18.5. The van der Waals surface area contributed by atoms with E-state index in [1.165, 1.54) is 10.8 Å².